The number of rotatable bonds is 2. The van der Waals surface area contributed by atoms with Crippen LogP contribution in [-0.2, 0) is 9.63 Å². The molecule has 0 radical (unpaired) electrons. The van der Waals surface area contributed by atoms with Crippen LogP contribution in [0.3, 0.4) is 0 Å². The molecule has 4 nitrogen and oxygen atoms in total. The summed E-state index contributed by atoms with van der Waals surface area (Å²) in [6.07, 6.45) is 4.94. The molecule has 0 amide bonds. The van der Waals surface area contributed by atoms with E-state index in [2.05, 4.69) is 4.90 Å². The van der Waals surface area contributed by atoms with Crippen molar-refractivity contribution in [1.82, 2.24) is 9.96 Å². The van der Waals surface area contributed by atoms with Gasteiger partial charge in [-0.15, -0.1) is 5.06 Å². The van der Waals surface area contributed by atoms with Crippen LogP contribution in [0, 0.1) is 5.41 Å². The van der Waals surface area contributed by atoms with Gasteiger partial charge in [0, 0.05) is 19.1 Å². The number of nitrogens with zero attached hydrogens (tertiary/aromatic N) is 2. The summed E-state index contributed by atoms with van der Waals surface area (Å²) in [7, 11) is 0. The normalized spacial score (nSPS) is 24.4. The minimum Gasteiger partial charge on any atom is -0.367 e. The van der Waals surface area contributed by atoms with Crippen LogP contribution in [0.2, 0.25) is 0 Å². The second-order valence-corrected chi connectivity index (χ2v) is 6.53. The second kappa shape index (κ2) is 5.57. The van der Waals surface area contributed by atoms with E-state index in [0.29, 0.717) is 6.04 Å². The number of likely N-dealkylation sites (tertiary alicyclic amines) is 1. The van der Waals surface area contributed by atoms with Gasteiger partial charge in [-0.1, -0.05) is 0 Å². The van der Waals surface area contributed by atoms with E-state index in [4.69, 9.17) is 4.84 Å². The Kier molecular flexibility index (Phi) is 4.28. The molecule has 0 aromatic carbocycles. The molecule has 4 heteroatoms. The van der Waals surface area contributed by atoms with E-state index in [0.717, 1.165) is 25.9 Å². The number of carbonyl (C=O) groups is 1. The molecule has 2 aliphatic rings. The Morgan fingerprint density at radius 3 is 2.11 bits per heavy atom. The Morgan fingerprint density at radius 1 is 1.06 bits per heavy atom. The van der Waals surface area contributed by atoms with Crippen molar-refractivity contribution in [2.24, 2.45) is 5.41 Å². The lowest BCUT2D eigenvalue weighted by Gasteiger charge is -2.36. The van der Waals surface area contributed by atoms with Crippen molar-refractivity contribution in [3.63, 3.8) is 0 Å². The maximum Gasteiger partial charge on any atom is 0.330 e. The van der Waals surface area contributed by atoms with Crippen LogP contribution in [0.4, 0.5) is 0 Å². The second-order valence-electron chi connectivity index (χ2n) is 6.53. The van der Waals surface area contributed by atoms with E-state index in [9.17, 15) is 4.79 Å². The topological polar surface area (TPSA) is 32.8 Å². The van der Waals surface area contributed by atoms with Gasteiger partial charge >= 0.3 is 5.97 Å². The third-order valence-electron chi connectivity index (χ3n) is 3.90. The van der Waals surface area contributed by atoms with Crippen molar-refractivity contribution >= 4 is 5.97 Å². The van der Waals surface area contributed by atoms with Crippen LogP contribution in [-0.4, -0.2) is 48.2 Å². The standard InChI is InChI=1S/C14H26N2O2/c1-14(2,3)13(17)18-16-10-6-12(7-11-16)15-8-4-5-9-15/h12H,4-11H2,1-3H3. The molecule has 0 aromatic rings. The molecule has 0 saturated carbocycles. The Bertz CT molecular complexity index is 285. The molecular weight excluding hydrogens is 228 g/mol. The smallest absolute Gasteiger partial charge is 0.330 e. The summed E-state index contributed by atoms with van der Waals surface area (Å²) in [4.78, 5) is 19.8. The minimum atomic E-state index is -0.411. The van der Waals surface area contributed by atoms with Crippen LogP contribution in [0.25, 0.3) is 0 Å². The molecule has 18 heavy (non-hydrogen) atoms. The summed E-state index contributed by atoms with van der Waals surface area (Å²) < 4.78 is 0. The van der Waals surface area contributed by atoms with Gasteiger partial charge in [-0.2, -0.15) is 0 Å². The van der Waals surface area contributed by atoms with Crippen LogP contribution in [0.1, 0.15) is 46.5 Å². The quantitative estimate of drug-likeness (QED) is 0.755. The monoisotopic (exact) mass is 254 g/mol. The van der Waals surface area contributed by atoms with Crippen molar-refractivity contribution in [3.8, 4) is 0 Å². The number of piperidine rings is 1. The molecule has 2 aliphatic heterocycles. The summed E-state index contributed by atoms with van der Waals surface area (Å²) in [5.74, 6) is -0.123. The Labute approximate surface area is 110 Å². The molecular formula is C14H26N2O2. The van der Waals surface area contributed by atoms with E-state index >= 15 is 0 Å². The fourth-order valence-electron chi connectivity index (χ4n) is 2.66. The van der Waals surface area contributed by atoms with Crippen molar-refractivity contribution in [2.75, 3.05) is 26.2 Å². The summed E-state index contributed by atoms with van der Waals surface area (Å²) >= 11 is 0. The average molecular weight is 254 g/mol. The molecule has 0 aliphatic carbocycles. The SMILES string of the molecule is CC(C)(C)C(=O)ON1CCC(N2CCCC2)CC1. The van der Waals surface area contributed by atoms with Gasteiger partial charge < -0.3 is 9.74 Å². The lowest BCUT2D eigenvalue weighted by Crippen LogP contribution is -2.45. The molecule has 0 spiro atoms. The molecule has 104 valence electrons. The first-order chi connectivity index (χ1) is 8.47. The molecule has 2 fully saturated rings. The Morgan fingerprint density at radius 2 is 1.61 bits per heavy atom. The Hall–Kier alpha value is -0.610. The van der Waals surface area contributed by atoms with Gasteiger partial charge in [-0.25, -0.2) is 4.79 Å². The molecule has 0 bridgehead atoms. The Balaban J connectivity index is 1.74. The van der Waals surface area contributed by atoms with E-state index < -0.39 is 5.41 Å². The zero-order chi connectivity index (χ0) is 13.2. The minimum absolute atomic E-state index is 0.123. The highest BCUT2D eigenvalue weighted by molar-refractivity contribution is 5.75. The number of hydroxylamine groups is 2. The van der Waals surface area contributed by atoms with Crippen LogP contribution >= 0.6 is 0 Å². The lowest BCUT2D eigenvalue weighted by atomic mass is 9.98. The lowest BCUT2D eigenvalue weighted by molar-refractivity contribution is -0.206. The van der Waals surface area contributed by atoms with Crippen LogP contribution in [0.15, 0.2) is 0 Å². The van der Waals surface area contributed by atoms with Gasteiger partial charge in [0.2, 0.25) is 0 Å². The van der Waals surface area contributed by atoms with Gasteiger partial charge in [-0.05, 0) is 59.5 Å². The van der Waals surface area contributed by atoms with Gasteiger partial charge in [0.15, 0.2) is 0 Å². The molecule has 0 atom stereocenters. The first kappa shape index (κ1) is 13.8. The zero-order valence-corrected chi connectivity index (χ0v) is 11.9. The fourth-order valence-corrected chi connectivity index (χ4v) is 2.66. The molecule has 0 N–H and O–H groups in total. The predicted octanol–water partition coefficient (Wildman–Crippen LogP) is 2.05. The number of hydrogen-bond donors (Lipinski definition) is 0. The average Bonchev–Trinajstić information content (AvgIpc) is 2.82. The van der Waals surface area contributed by atoms with Gasteiger partial charge in [0.05, 0.1) is 5.41 Å². The molecule has 0 aromatic heterocycles. The summed E-state index contributed by atoms with van der Waals surface area (Å²) in [6.45, 7) is 9.95. The largest absolute Gasteiger partial charge is 0.367 e. The van der Waals surface area contributed by atoms with Crippen LogP contribution < -0.4 is 0 Å². The zero-order valence-electron chi connectivity index (χ0n) is 11.9. The maximum absolute atomic E-state index is 11.8. The van der Waals surface area contributed by atoms with Gasteiger partial charge in [0.25, 0.3) is 0 Å². The third kappa shape index (κ3) is 3.45. The van der Waals surface area contributed by atoms with Crippen molar-refractivity contribution < 1.29 is 9.63 Å². The van der Waals surface area contributed by atoms with E-state index in [1.54, 1.807) is 0 Å². The van der Waals surface area contributed by atoms with Crippen molar-refractivity contribution in [2.45, 2.75) is 52.5 Å². The molecule has 2 rings (SSSR count). The van der Waals surface area contributed by atoms with Gasteiger partial charge in [0.1, 0.15) is 0 Å². The maximum atomic E-state index is 11.8. The highest BCUT2D eigenvalue weighted by atomic mass is 16.7. The van der Waals surface area contributed by atoms with Gasteiger partial charge in [-0.3, -0.25) is 0 Å². The van der Waals surface area contributed by atoms with E-state index in [1.807, 2.05) is 25.8 Å². The summed E-state index contributed by atoms with van der Waals surface area (Å²) in [6, 6.07) is 0.706. The van der Waals surface area contributed by atoms with E-state index in [-0.39, 0.29) is 5.97 Å². The molecule has 2 heterocycles. The number of carbonyl (C=O) groups excluding carboxylic acids is 1. The number of hydrogen-bond acceptors (Lipinski definition) is 4. The molecule has 2 saturated heterocycles. The highest BCUT2D eigenvalue weighted by Gasteiger charge is 2.30. The van der Waals surface area contributed by atoms with Crippen LogP contribution in [0.5, 0.6) is 0 Å². The van der Waals surface area contributed by atoms with Crippen molar-refractivity contribution in [1.29, 1.82) is 0 Å². The van der Waals surface area contributed by atoms with E-state index in [1.165, 1.54) is 25.9 Å². The van der Waals surface area contributed by atoms with Crippen molar-refractivity contribution in [3.05, 3.63) is 0 Å². The first-order valence-electron chi connectivity index (χ1n) is 7.18. The highest BCUT2D eigenvalue weighted by Crippen LogP contribution is 2.23. The fraction of sp³-hybridized carbons (Fsp3) is 0.929. The summed E-state index contributed by atoms with van der Waals surface area (Å²) in [5, 5.41) is 1.85. The molecule has 0 unspecified atom stereocenters. The first-order valence-corrected chi connectivity index (χ1v) is 7.18. The predicted molar refractivity (Wildman–Crippen MR) is 70.9 cm³/mol. The summed E-state index contributed by atoms with van der Waals surface area (Å²) in [5.41, 5.74) is -0.411. The third-order valence-corrected chi connectivity index (χ3v) is 3.90.